The molecule has 5 nitrogen and oxygen atoms in total. The van der Waals surface area contributed by atoms with Gasteiger partial charge in [-0.15, -0.1) is 11.8 Å². The number of rotatable bonds is 8. The Morgan fingerprint density at radius 2 is 1.92 bits per heavy atom. The van der Waals surface area contributed by atoms with Gasteiger partial charge in [0.15, 0.2) is 0 Å². The van der Waals surface area contributed by atoms with Gasteiger partial charge in [0.2, 0.25) is 5.91 Å². The molecule has 0 aliphatic carbocycles. The average Bonchev–Trinajstić information content (AvgIpc) is 3.26. The summed E-state index contributed by atoms with van der Waals surface area (Å²) in [5.74, 6) is 2.80. The molecule has 0 aliphatic rings. The van der Waals surface area contributed by atoms with Gasteiger partial charge in [-0.25, -0.2) is 0 Å². The summed E-state index contributed by atoms with van der Waals surface area (Å²) in [7, 11) is 0. The largest absolute Gasteiger partial charge is 0.467 e. The number of nitrogens with zero attached hydrogens (tertiary/aromatic N) is 2. The average molecular weight is 370 g/mol. The van der Waals surface area contributed by atoms with Gasteiger partial charge < -0.3 is 13.8 Å². The Balaban J connectivity index is 1.62. The number of furan rings is 1. The minimum atomic E-state index is 0.0852. The zero-order valence-electron chi connectivity index (χ0n) is 15.0. The van der Waals surface area contributed by atoms with Gasteiger partial charge >= 0.3 is 0 Å². The van der Waals surface area contributed by atoms with Crippen LogP contribution in [0.2, 0.25) is 0 Å². The number of thioether (sulfide) groups is 1. The number of benzene rings is 1. The third-order valence-corrected chi connectivity index (χ3v) is 5.09. The van der Waals surface area contributed by atoms with Gasteiger partial charge in [0.25, 0.3) is 0 Å². The quantitative estimate of drug-likeness (QED) is 0.590. The van der Waals surface area contributed by atoms with Gasteiger partial charge in [0.1, 0.15) is 11.5 Å². The van der Waals surface area contributed by atoms with Crippen molar-refractivity contribution < 1.29 is 13.7 Å². The van der Waals surface area contributed by atoms with E-state index < -0.39 is 0 Å². The van der Waals surface area contributed by atoms with Crippen LogP contribution in [0.5, 0.6) is 0 Å². The van der Waals surface area contributed by atoms with Gasteiger partial charge in [-0.3, -0.25) is 4.79 Å². The maximum atomic E-state index is 12.8. The monoisotopic (exact) mass is 370 g/mol. The summed E-state index contributed by atoms with van der Waals surface area (Å²) in [6, 6.07) is 13.7. The molecule has 0 radical (unpaired) electrons. The highest BCUT2D eigenvalue weighted by atomic mass is 32.2. The van der Waals surface area contributed by atoms with Crippen molar-refractivity contribution in [1.29, 1.82) is 0 Å². The first-order chi connectivity index (χ1) is 12.6. The maximum absolute atomic E-state index is 12.8. The zero-order valence-corrected chi connectivity index (χ0v) is 15.8. The second-order valence-corrected chi connectivity index (χ2v) is 7.10. The lowest BCUT2D eigenvalue weighted by atomic mass is 10.2. The number of hydrogen-bond acceptors (Lipinski definition) is 5. The summed E-state index contributed by atoms with van der Waals surface area (Å²) in [4.78, 5) is 14.6. The van der Waals surface area contributed by atoms with E-state index in [1.165, 1.54) is 0 Å². The summed E-state index contributed by atoms with van der Waals surface area (Å²) in [5, 5.41) is 3.96. The van der Waals surface area contributed by atoms with E-state index in [1.807, 2.05) is 61.2 Å². The minimum absolute atomic E-state index is 0.0852. The van der Waals surface area contributed by atoms with E-state index >= 15 is 0 Å². The van der Waals surface area contributed by atoms with Crippen LogP contribution in [0.3, 0.4) is 0 Å². The topological polar surface area (TPSA) is 59.5 Å². The van der Waals surface area contributed by atoms with Crippen LogP contribution in [-0.4, -0.2) is 21.7 Å². The molecular formula is C20H22N2O3S. The molecule has 6 heteroatoms. The molecule has 1 aromatic carbocycles. The fourth-order valence-electron chi connectivity index (χ4n) is 2.67. The maximum Gasteiger partial charge on any atom is 0.233 e. The van der Waals surface area contributed by atoms with Crippen LogP contribution in [0.4, 0.5) is 0 Å². The summed E-state index contributed by atoms with van der Waals surface area (Å²) in [6.45, 7) is 4.85. The molecule has 0 saturated heterocycles. The normalized spacial score (nSPS) is 10.8. The lowest BCUT2D eigenvalue weighted by Gasteiger charge is -2.22. The standard InChI is InChI=1S/C20H22N2O3S/c1-15-19(16(2)25-21-15)13-26-14-20(23)22(12-18-9-6-10-24-18)11-17-7-4-3-5-8-17/h3-10H,11-14H2,1-2H3. The Kier molecular flexibility index (Phi) is 6.17. The zero-order chi connectivity index (χ0) is 18.4. The first-order valence-corrected chi connectivity index (χ1v) is 9.62. The van der Waals surface area contributed by atoms with E-state index in [4.69, 9.17) is 8.94 Å². The van der Waals surface area contributed by atoms with Crippen molar-refractivity contribution in [2.24, 2.45) is 0 Å². The third kappa shape index (κ3) is 4.79. The molecule has 2 heterocycles. The molecule has 0 N–H and O–H groups in total. The van der Waals surface area contributed by atoms with Crippen LogP contribution in [0.1, 0.15) is 28.3 Å². The Morgan fingerprint density at radius 3 is 2.58 bits per heavy atom. The second kappa shape index (κ2) is 8.76. The van der Waals surface area contributed by atoms with E-state index in [-0.39, 0.29) is 5.91 Å². The molecule has 0 bridgehead atoms. The van der Waals surface area contributed by atoms with Crippen molar-refractivity contribution in [3.05, 3.63) is 77.1 Å². The van der Waals surface area contributed by atoms with Crippen molar-refractivity contribution in [2.75, 3.05) is 5.75 Å². The van der Waals surface area contributed by atoms with Crippen LogP contribution in [0.15, 0.2) is 57.7 Å². The molecule has 26 heavy (non-hydrogen) atoms. The van der Waals surface area contributed by atoms with E-state index in [2.05, 4.69) is 5.16 Å². The van der Waals surface area contributed by atoms with Gasteiger partial charge in [0.05, 0.1) is 24.3 Å². The Labute approximate surface area is 157 Å². The van der Waals surface area contributed by atoms with Crippen molar-refractivity contribution in [1.82, 2.24) is 10.1 Å². The van der Waals surface area contributed by atoms with Crippen LogP contribution in [0.25, 0.3) is 0 Å². The Hall–Kier alpha value is -2.47. The number of aromatic nitrogens is 1. The van der Waals surface area contributed by atoms with Gasteiger partial charge in [-0.1, -0.05) is 35.5 Å². The molecule has 2 aromatic heterocycles. The van der Waals surface area contributed by atoms with Crippen LogP contribution in [0, 0.1) is 13.8 Å². The van der Waals surface area contributed by atoms with E-state index in [1.54, 1.807) is 18.0 Å². The summed E-state index contributed by atoms with van der Waals surface area (Å²) in [6.07, 6.45) is 1.63. The molecule has 0 unspecified atom stereocenters. The fourth-order valence-corrected chi connectivity index (χ4v) is 3.74. The Morgan fingerprint density at radius 1 is 1.12 bits per heavy atom. The molecule has 0 saturated carbocycles. The second-order valence-electron chi connectivity index (χ2n) is 6.11. The van der Waals surface area contributed by atoms with Gasteiger partial charge in [-0.05, 0) is 31.5 Å². The third-order valence-electron chi connectivity index (χ3n) is 4.15. The molecule has 3 rings (SSSR count). The summed E-state index contributed by atoms with van der Waals surface area (Å²) >= 11 is 1.58. The molecule has 0 spiro atoms. The fraction of sp³-hybridized carbons (Fsp3) is 0.300. The van der Waals surface area contributed by atoms with Crippen LogP contribution in [-0.2, 0) is 23.6 Å². The predicted molar refractivity (Wildman–Crippen MR) is 102 cm³/mol. The number of carbonyl (C=O) groups is 1. The molecule has 136 valence electrons. The van der Waals surface area contributed by atoms with Crippen molar-refractivity contribution in [3.63, 3.8) is 0 Å². The van der Waals surface area contributed by atoms with Crippen molar-refractivity contribution >= 4 is 17.7 Å². The van der Waals surface area contributed by atoms with Gasteiger partial charge in [-0.2, -0.15) is 0 Å². The SMILES string of the molecule is Cc1noc(C)c1CSCC(=O)N(Cc1ccccc1)Cc1ccco1. The number of amides is 1. The highest BCUT2D eigenvalue weighted by Crippen LogP contribution is 2.20. The predicted octanol–water partition coefficient (Wildman–Crippen LogP) is 4.35. The van der Waals surface area contributed by atoms with Gasteiger partial charge in [0, 0.05) is 17.9 Å². The highest BCUT2D eigenvalue weighted by molar-refractivity contribution is 7.99. The van der Waals surface area contributed by atoms with Crippen molar-refractivity contribution in [3.8, 4) is 0 Å². The van der Waals surface area contributed by atoms with Crippen LogP contribution >= 0.6 is 11.8 Å². The molecule has 0 fully saturated rings. The van der Waals surface area contributed by atoms with E-state index in [0.717, 1.165) is 28.3 Å². The number of aryl methyl sites for hydroxylation is 2. The number of hydrogen-bond donors (Lipinski definition) is 0. The van der Waals surface area contributed by atoms with E-state index in [9.17, 15) is 4.79 Å². The molecule has 3 aromatic rings. The summed E-state index contributed by atoms with van der Waals surface area (Å²) in [5.41, 5.74) is 3.06. The highest BCUT2D eigenvalue weighted by Gasteiger charge is 2.17. The Bertz CT molecular complexity index is 809. The minimum Gasteiger partial charge on any atom is -0.467 e. The molecule has 0 atom stereocenters. The van der Waals surface area contributed by atoms with Crippen molar-refractivity contribution in [2.45, 2.75) is 32.7 Å². The summed E-state index contributed by atoms with van der Waals surface area (Å²) < 4.78 is 10.6. The first kappa shape index (κ1) is 18.3. The molecular weight excluding hydrogens is 348 g/mol. The lowest BCUT2D eigenvalue weighted by Crippen LogP contribution is -2.31. The first-order valence-electron chi connectivity index (χ1n) is 8.47. The lowest BCUT2D eigenvalue weighted by molar-refractivity contribution is -0.129. The molecule has 0 aliphatic heterocycles. The smallest absolute Gasteiger partial charge is 0.233 e. The number of carbonyl (C=O) groups excluding carboxylic acids is 1. The molecule has 1 amide bonds. The van der Waals surface area contributed by atoms with E-state index in [0.29, 0.717) is 24.6 Å². The van der Waals surface area contributed by atoms with Crippen LogP contribution < -0.4 is 0 Å².